The largest absolute Gasteiger partial charge is 0.369 e. The number of nitrogens with zero attached hydrogens (tertiary/aromatic N) is 4. The fraction of sp³-hybridized carbons (Fsp3) is 0. The van der Waals surface area contributed by atoms with Gasteiger partial charge in [-0.2, -0.15) is 9.97 Å². The number of anilines is 1. The van der Waals surface area contributed by atoms with Gasteiger partial charge in [-0.05, 0) is 23.8 Å². The van der Waals surface area contributed by atoms with Crippen molar-refractivity contribution < 1.29 is 0 Å². The first-order chi connectivity index (χ1) is 6.25. The Morgan fingerprint density at radius 3 is 2.92 bits per heavy atom. The molecule has 0 radical (unpaired) electrons. The number of aromatic nitrogens is 5. The van der Waals surface area contributed by atoms with Gasteiger partial charge in [0.25, 0.3) is 0 Å². The zero-order chi connectivity index (χ0) is 9.26. The van der Waals surface area contributed by atoms with Gasteiger partial charge in [-0.3, -0.25) is 0 Å². The van der Waals surface area contributed by atoms with Crippen LogP contribution in [0, 0.1) is 4.77 Å². The maximum atomic E-state index is 5.45. The molecule has 0 saturated heterocycles. The zero-order valence-electron chi connectivity index (χ0n) is 6.26. The number of hydrogen-bond acceptors (Lipinski definition) is 7. The Balaban J connectivity index is 2.59. The molecule has 6 nitrogen and oxygen atoms in total. The fourth-order valence-electron chi connectivity index (χ4n) is 0.790. The molecule has 13 heavy (non-hydrogen) atoms. The van der Waals surface area contributed by atoms with Gasteiger partial charge in [0.1, 0.15) is 5.69 Å². The lowest BCUT2D eigenvalue weighted by Gasteiger charge is -1.96. The molecule has 0 amide bonds. The molecular weight excluding hydrogens is 208 g/mol. The van der Waals surface area contributed by atoms with Gasteiger partial charge in [0.2, 0.25) is 10.7 Å². The van der Waals surface area contributed by atoms with Gasteiger partial charge in [-0.15, -0.1) is 5.10 Å². The number of rotatable bonds is 1. The van der Waals surface area contributed by atoms with Gasteiger partial charge in [-0.25, -0.2) is 0 Å². The first-order valence-electron chi connectivity index (χ1n) is 3.27. The minimum atomic E-state index is 0.194. The van der Waals surface area contributed by atoms with Crippen molar-refractivity contribution in [1.82, 2.24) is 24.5 Å². The van der Waals surface area contributed by atoms with Crippen LogP contribution in [0.3, 0.4) is 0 Å². The number of hydrogen-bond donors (Lipinski definition) is 2. The highest BCUT2D eigenvalue weighted by Gasteiger charge is 2.03. The van der Waals surface area contributed by atoms with Gasteiger partial charge in [0.05, 0.1) is 0 Å². The van der Waals surface area contributed by atoms with Crippen LogP contribution in [0.25, 0.3) is 11.5 Å². The molecule has 66 valence electrons. The highest BCUT2D eigenvalue weighted by molar-refractivity contribution is 7.71. The van der Waals surface area contributed by atoms with E-state index in [1.54, 1.807) is 5.38 Å². The number of H-pyrrole nitrogens is 1. The summed E-state index contributed by atoms with van der Waals surface area (Å²) in [5, 5.41) is 5.56. The highest BCUT2D eigenvalue weighted by Crippen LogP contribution is 2.11. The van der Waals surface area contributed by atoms with Crippen LogP contribution in [-0.2, 0) is 0 Å². The van der Waals surface area contributed by atoms with Crippen molar-refractivity contribution in [3.8, 4) is 11.5 Å². The van der Waals surface area contributed by atoms with E-state index in [-0.39, 0.29) is 10.7 Å². The van der Waals surface area contributed by atoms with E-state index in [9.17, 15) is 0 Å². The molecule has 0 aliphatic carbocycles. The molecule has 0 aliphatic rings. The van der Waals surface area contributed by atoms with E-state index in [1.807, 2.05) is 0 Å². The maximum absolute atomic E-state index is 5.45. The molecule has 0 unspecified atom stereocenters. The quantitative estimate of drug-likeness (QED) is 0.673. The number of nitrogens with one attached hydrogen (secondary N) is 1. The molecule has 0 fully saturated rings. The summed E-state index contributed by atoms with van der Waals surface area (Å²) in [6.45, 7) is 0. The monoisotopic (exact) mass is 212 g/mol. The van der Waals surface area contributed by atoms with Gasteiger partial charge in [0.15, 0.2) is 5.82 Å². The van der Waals surface area contributed by atoms with Crippen molar-refractivity contribution in [3.63, 3.8) is 0 Å². The maximum Gasteiger partial charge on any atom is 0.224 e. The van der Waals surface area contributed by atoms with E-state index in [1.165, 1.54) is 11.5 Å². The van der Waals surface area contributed by atoms with Gasteiger partial charge >= 0.3 is 0 Å². The summed E-state index contributed by atoms with van der Waals surface area (Å²) in [4.78, 5) is 10.4. The summed E-state index contributed by atoms with van der Waals surface area (Å²) < 4.78 is 3.89. The summed E-state index contributed by atoms with van der Waals surface area (Å²) in [5.41, 5.74) is 6.06. The van der Waals surface area contributed by atoms with Crippen molar-refractivity contribution >= 4 is 29.7 Å². The van der Waals surface area contributed by atoms with Crippen molar-refractivity contribution in [2.45, 2.75) is 0 Å². The lowest BCUT2D eigenvalue weighted by molar-refractivity contribution is 1.02. The lowest BCUT2D eigenvalue weighted by Crippen LogP contribution is -1.99. The third kappa shape index (κ3) is 1.68. The molecule has 0 saturated carbocycles. The van der Waals surface area contributed by atoms with Crippen LogP contribution in [0.2, 0.25) is 0 Å². The van der Waals surface area contributed by atoms with Crippen LogP contribution in [0.4, 0.5) is 5.95 Å². The van der Waals surface area contributed by atoms with E-state index >= 15 is 0 Å². The summed E-state index contributed by atoms with van der Waals surface area (Å²) in [7, 11) is 0. The minimum absolute atomic E-state index is 0.194. The number of aromatic amines is 1. The molecule has 2 aromatic heterocycles. The van der Waals surface area contributed by atoms with Crippen LogP contribution in [0.15, 0.2) is 5.38 Å². The molecule has 0 atom stereocenters. The molecular formula is C5H4N6S2. The average molecular weight is 212 g/mol. The predicted octanol–water partition coefficient (Wildman–Crippen LogP) is 0.635. The van der Waals surface area contributed by atoms with Gasteiger partial charge in [0, 0.05) is 5.38 Å². The smallest absolute Gasteiger partial charge is 0.224 e. The summed E-state index contributed by atoms with van der Waals surface area (Å²) >= 11 is 6.02. The van der Waals surface area contributed by atoms with Crippen molar-refractivity contribution in [3.05, 3.63) is 10.2 Å². The molecule has 2 aromatic rings. The van der Waals surface area contributed by atoms with Crippen LogP contribution < -0.4 is 5.73 Å². The molecule has 0 bridgehead atoms. The van der Waals surface area contributed by atoms with Crippen molar-refractivity contribution in [2.24, 2.45) is 0 Å². The Bertz CT molecular complexity index is 460. The van der Waals surface area contributed by atoms with Crippen molar-refractivity contribution in [2.75, 3.05) is 5.73 Å². The van der Waals surface area contributed by atoms with E-state index in [0.29, 0.717) is 11.5 Å². The lowest BCUT2D eigenvalue weighted by atomic mass is 10.5. The zero-order valence-corrected chi connectivity index (χ0v) is 7.89. The Labute approximate surface area is 82.0 Å². The summed E-state index contributed by atoms with van der Waals surface area (Å²) in [6, 6.07) is 0. The molecule has 3 N–H and O–H groups in total. The second-order valence-electron chi connectivity index (χ2n) is 2.16. The first-order valence-corrected chi connectivity index (χ1v) is 4.51. The second kappa shape index (κ2) is 3.15. The predicted molar refractivity (Wildman–Crippen MR) is 50.5 cm³/mol. The Morgan fingerprint density at radius 1 is 1.46 bits per heavy atom. The van der Waals surface area contributed by atoms with E-state index in [0.717, 1.165) is 0 Å². The second-order valence-corrected chi connectivity index (χ2v) is 3.13. The van der Waals surface area contributed by atoms with E-state index < -0.39 is 0 Å². The molecule has 0 spiro atoms. The SMILES string of the molecule is Nc1nc(=S)nc(-c2csnn2)[nH]1. The summed E-state index contributed by atoms with van der Waals surface area (Å²) in [6.07, 6.45) is 0. The van der Waals surface area contributed by atoms with Crippen molar-refractivity contribution in [1.29, 1.82) is 0 Å². The van der Waals surface area contributed by atoms with Crippen LogP contribution in [0.5, 0.6) is 0 Å². The molecule has 0 aromatic carbocycles. The fourth-order valence-corrected chi connectivity index (χ4v) is 1.42. The third-order valence-electron chi connectivity index (χ3n) is 1.27. The molecule has 8 heteroatoms. The molecule has 0 aliphatic heterocycles. The van der Waals surface area contributed by atoms with Crippen LogP contribution in [0.1, 0.15) is 0 Å². The highest BCUT2D eigenvalue weighted by atomic mass is 32.1. The van der Waals surface area contributed by atoms with Crippen LogP contribution >= 0.6 is 23.8 Å². The molecule has 2 heterocycles. The first kappa shape index (κ1) is 8.20. The third-order valence-corrected chi connectivity index (χ3v) is 1.96. The van der Waals surface area contributed by atoms with Gasteiger partial charge < -0.3 is 10.7 Å². The van der Waals surface area contributed by atoms with E-state index in [4.69, 9.17) is 18.0 Å². The standard InChI is InChI=1S/C5H4N6S2/c6-4-7-3(8-5(12)9-4)2-1-13-11-10-2/h1H,(H3,6,7,8,9,12). The number of nitrogens with two attached hydrogens (primary N) is 1. The number of nitrogen functional groups attached to an aromatic ring is 1. The topological polar surface area (TPSA) is 93.4 Å². The Morgan fingerprint density at radius 2 is 2.31 bits per heavy atom. The summed E-state index contributed by atoms with van der Waals surface area (Å²) in [5.74, 6) is 0.717. The normalized spacial score (nSPS) is 10.2. The Kier molecular flexibility index (Phi) is 1.99. The van der Waals surface area contributed by atoms with E-state index in [2.05, 4.69) is 24.5 Å². The minimum Gasteiger partial charge on any atom is -0.369 e. The van der Waals surface area contributed by atoms with Crippen LogP contribution in [-0.4, -0.2) is 24.5 Å². The van der Waals surface area contributed by atoms with Gasteiger partial charge in [-0.1, -0.05) is 4.49 Å². The molecule has 2 rings (SSSR count). The average Bonchev–Trinajstić information content (AvgIpc) is 2.53. The Hall–Kier alpha value is -1.41.